The zero-order valence-electron chi connectivity index (χ0n) is 48.7. The Morgan fingerprint density at radius 3 is 1.85 bits per heavy atom. The molecule has 20 nitrogen and oxygen atoms in total. The van der Waals surface area contributed by atoms with Crippen LogP contribution in [0, 0.1) is 5.92 Å². The van der Waals surface area contributed by atoms with Crippen LogP contribution >= 0.6 is 0 Å². The van der Waals surface area contributed by atoms with E-state index in [0.717, 1.165) is 40.1 Å². The first-order valence-corrected chi connectivity index (χ1v) is 30.0. The van der Waals surface area contributed by atoms with E-state index < -0.39 is 57.0 Å². The number of Topliss-reactive ketones (excluding diaryl/α,β-unsaturated/α-hetero) is 2. The van der Waals surface area contributed by atoms with Crippen LogP contribution in [-0.2, 0) is 77.8 Å². The van der Waals surface area contributed by atoms with Crippen LogP contribution in [-0.4, -0.2) is 109 Å². The Kier molecular flexibility index (Phi) is 19.7. The number of hydrogen-bond acceptors (Lipinski definition) is 15. The van der Waals surface area contributed by atoms with E-state index in [4.69, 9.17) is 18.9 Å². The number of para-hydroxylation sites is 2. The van der Waals surface area contributed by atoms with E-state index in [0.29, 0.717) is 65.2 Å². The van der Waals surface area contributed by atoms with Crippen molar-refractivity contribution in [1.29, 1.82) is 0 Å². The van der Waals surface area contributed by atoms with Gasteiger partial charge in [0.1, 0.15) is 19.0 Å². The predicted octanol–water partition coefficient (Wildman–Crippen LogP) is 4.30. The van der Waals surface area contributed by atoms with Gasteiger partial charge in [0.2, 0.25) is 11.8 Å². The number of imide groups is 1. The maximum atomic E-state index is 14.4. The third-order valence-corrected chi connectivity index (χ3v) is 17.7. The molecule has 0 bridgehead atoms. The molecule has 22 heteroatoms. The average molecular weight is 1200 g/mol. The van der Waals surface area contributed by atoms with Gasteiger partial charge >= 0.3 is 29.6 Å². The molecule has 5 aliphatic rings. The summed E-state index contributed by atoms with van der Waals surface area (Å²) in [6.45, 7) is 3.08. The summed E-state index contributed by atoms with van der Waals surface area (Å²) in [6.07, 6.45) is 5.89. The Morgan fingerprint density at radius 1 is 0.663 bits per heavy atom. The number of anilines is 3. The van der Waals surface area contributed by atoms with Crippen LogP contribution in [0.5, 0.6) is 23.0 Å². The molecule has 1 unspecified atom stereocenters. The van der Waals surface area contributed by atoms with Crippen LogP contribution in [0.3, 0.4) is 0 Å². The fourth-order valence-corrected chi connectivity index (χ4v) is 13.0. The Labute approximate surface area is 521 Å². The Bertz CT molecular complexity index is 3660. The summed E-state index contributed by atoms with van der Waals surface area (Å²) < 4.78 is 63.3. The van der Waals surface area contributed by atoms with Gasteiger partial charge in [-0.3, -0.25) is 43.3 Å². The molecule has 0 spiro atoms. The minimum absolute atomic E-state index is 0. The molecule has 5 aromatic carbocycles. The van der Waals surface area contributed by atoms with Gasteiger partial charge in [0, 0.05) is 84.5 Å². The van der Waals surface area contributed by atoms with E-state index in [-0.39, 0.29) is 140 Å². The Balaban J connectivity index is 0.00000884. The van der Waals surface area contributed by atoms with Crippen LogP contribution in [0.2, 0.25) is 0 Å². The quantitative estimate of drug-likeness (QED) is 0.0378. The van der Waals surface area contributed by atoms with Crippen LogP contribution in [0.25, 0.3) is 0 Å². The van der Waals surface area contributed by atoms with Gasteiger partial charge in [0.15, 0.2) is 28.8 Å². The summed E-state index contributed by atoms with van der Waals surface area (Å²) in [5.74, 6) is -2.52. The van der Waals surface area contributed by atoms with Crippen LogP contribution in [0.1, 0.15) is 119 Å². The molecule has 5 atom stereocenters. The number of unbranched alkanes of at least 4 members (excludes halogenated alkanes) is 1. The number of nitrogens with one attached hydrogen (secondary N) is 2. The van der Waals surface area contributed by atoms with Crippen molar-refractivity contribution in [2.24, 2.45) is 5.92 Å². The van der Waals surface area contributed by atoms with Gasteiger partial charge in [0.25, 0.3) is 23.6 Å². The molecule has 6 amide bonds. The van der Waals surface area contributed by atoms with Gasteiger partial charge in [-0.1, -0.05) is 43.3 Å². The predicted molar refractivity (Wildman–Crippen MR) is 312 cm³/mol. The molecular formula is C64H66N5NaO15S. The van der Waals surface area contributed by atoms with E-state index in [1.165, 1.54) is 50.3 Å². The summed E-state index contributed by atoms with van der Waals surface area (Å²) in [5, 5.41) is 4.16. The van der Waals surface area contributed by atoms with Gasteiger partial charge in [-0.15, -0.1) is 0 Å². The summed E-state index contributed by atoms with van der Waals surface area (Å²) in [6, 6.07) is 24.9. The molecule has 0 saturated carbocycles. The fourth-order valence-electron chi connectivity index (χ4n) is 12.1. The second-order valence-corrected chi connectivity index (χ2v) is 23.9. The number of ether oxygens (including phenoxy) is 4. The average Bonchev–Trinajstić information content (AvgIpc) is 1.87. The molecule has 2 N–H and O–H groups in total. The van der Waals surface area contributed by atoms with Crippen LogP contribution < -0.4 is 68.9 Å². The molecule has 10 rings (SSSR count). The number of carbonyl (C=O) groups is 8. The van der Waals surface area contributed by atoms with Gasteiger partial charge in [-0.25, -0.2) is 8.42 Å². The second-order valence-electron chi connectivity index (χ2n) is 22.3. The number of aryl methyl sites for hydroxylation is 1. The molecule has 0 fully saturated rings. The monoisotopic (exact) mass is 1200 g/mol. The summed E-state index contributed by atoms with van der Waals surface area (Å²) in [5.41, 5.74) is 6.51. The minimum Gasteiger partial charge on any atom is -0.748 e. The van der Waals surface area contributed by atoms with Crippen molar-refractivity contribution in [3.8, 4) is 23.0 Å². The molecule has 5 heterocycles. The van der Waals surface area contributed by atoms with Crippen molar-refractivity contribution >= 4 is 74.2 Å². The molecule has 0 aliphatic carbocycles. The Morgan fingerprint density at radius 2 is 1.22 bits per heavy atom. The number of rotatable bonds is 24. The molecule has 5 aromatic rings. The first kappa shape index (κ1) is 62.8. The van der Waals surface area contributed by atoms with E-state index in [2.05, 4.69) is 16.7 Å². The zero-order chi connectivity index (χ0) is 60.3. The molecule has 444 valence electrons. The molecular weight excluding hydrogens is 1130 g/mol. The van der Waals surface area contributed by atoms with Gasteiger partial charge in [0.05, 0.1) is 41.7 Å². The maximum absolute atomic E-state index is 14.4. The van der Waals surface area contributed by atoms with Crippen molar-refractivity contribution in [2.45, 2.75) is 127 Å². The minimum atomic E-state index is -4.92. The normalized spacial score (nSPS) is 18.0. The topological polar surface area (TPSA) is 264 Å². The molecule has 0 saturated heterocycles. The maximum Gasteiger partial charge on any atom is 1.00 e. The SMILES string of the molecule is COc1cc2c(cc1OCc1cc(COc3cc4c(cc3OC)C(=O)N3c5ccccc5C[C@H]3C(S(=O)(=O)[O-])C4)cc(NC(=O)[C@H](C)CC(=O)[C@H](C)NC(=O)CCCCC(=O)CCCN3C(=O)C=CC3=O)c1)CC[C@@H]1Cc3ccccc3N1C2=O.[Na+]. The number of amides is 6. The van der Waals surface area contributed by atoms with Crippen molar-refractivity contribution < 1.29 is 99.8 Å². The summed E-state index contributed by atoms with van der Waals surface area (Å²) in [4.78, 5) is 109. The van der Waals surface area contributed by atoms with Gasteiger partial charge in [-0.05, 0) is 146 Å². The third kappa shape index (κ3) is 13.8. The van der Waals surface area contributed by atoms with Crippen LogP contribution in [0.4, 0.5) is 17.1 Å². The van der Waals surface area contributed by atoms with Crippen molar-refractivity contribution in [2.75, 3.05) is 35.9 Å². The van der Waals surface area contributed by atoms with E-state index in [1.54, 1.807) is 49.4 Å². The van der Waals surface area contributed by atoms with Gasteiger partial charge < -0.3 is 43.9 Å². The second kappa shape index (κ2) is 26.9. The number of methoxy groups -OCH3 is 2. The number of carbonyl (C=O) groups excluding carboxylic acids is 8. The smallest absolute Gasteiger partial charge is 0.748 e. The van der Waals surface area contributed by atoms with E-state index >= 15 is 0 Å². The number of ketones is 2. The molecule has 0 aromatic heterocycles. The van der Waals surface area contributed by atoms with Crippen molar-refractivity contribution in [3.63, 3.8) is 0 Å². The van der Waals surface area contributed by atoms with E-state index in [9.17, 15) is 51.3 Å². The number of benzene rings is 5. The summed E-state index contributed by atoms with van der Waals surface area (Å²) in [7, 11) is -2.03. The first-order chi connectivity index (χ1) is 40.8. The number of fused-ring (bicyclic) bond motifs is 8. The zero-order valence-corrected chi connectivity index (χ0v) is 51.5. The molecule has 5 aliphatic heterocycles. The molecule has 86 heavy (non-hydrogen) atoms. The van der Waals surface area contributed by atoms with Crippen molar-refractivity contribution in [3.05, 3.63) is 148 Å². The number of hydrogen-bond donors (Lipinski definition) is 2. The third-order valence-electron chi connectivity index (χ3n) is 16.5. The largest absolute Gasteiger partial charge is 1.00 e. The van der Waals surface area contributed by atoms with Crippen LogP contribution in [0.15, 0.2) is 103 Å². The van der Waals surface area contributed by atoms with Crippen molar-refractivity contribution in [1.82, 2.24) is 10.2 Å². The molecule has 0 radical (unpaired) electrons. The standard InChI is InChI=1S/C64H67N5O15S.Na/c1-37(24-53(71)38(2)65-59(72)18-10-7-14-47(70)15-11-23-67-60(73)21-22-61(67)74)62(75)66-45-26-39(35-83-56-30-41-19-20-46-28-42-12-5-8-16-50(42)68(46)63(76)48(41)33-54(56)81-3)25-40(27-45)36-84-57-31-44-32-58(85(78,79)80)52-29-43-13-6-9-17-51(43)69(52)64(77)49(44)34-55(57)82-4;/h5-6,8-9,12-13,16-17,21-22,25-27,30-31,33-34,37-38,46,52,58H,7,10-11,14-15,18-20,23-24,28-29,32,35-36H2,1-4H3,(H,65,72)(H,66,75)(H,78,79,80);/q;+1/p-1/t37-,38+,46-,52+,58?;/m1./s1. The number of nitrogens with zero attached hydrogens (tertiary/aromatic N) is 3. The first-order valence-electron chi connectivity index (χ1n) is 28.5. The summed E-state index contributed by atoms with van der Waals surface area (Å²) >= 11 is 0. The van der Waals surface area contributed by atoms with Gasteiger partial charge in [-0.2, -0.15) is 0 Å². The van der Waals surface area contributed by atoms with E-state index in [1.807, 2.05) is 35.2 Å². The fraction of sp³-hybridized carbons (Fsp3) is 0.375. The Hall–Kier alpha value is -7.69.